The molecule has 8 atom stereocenters. The molecule has 0 aromatic carbocycles. The number of nitrogens with zero attached hydrogens (tertiary/aromatic N) is 3. The molecule has 4 aliphatic rings. The molecule has 0 radical (unpaired) electrons. The van der Waals surface area contributed by atoms with Gasteiger partial charge in [-0.3, -0.25) is 9.59 Å². The fourth-order valence-corrected chi connectivity index (χ4v) is 10.8. The molecule has 6 rings (SSSR count). The van der Waals surface area contributed by atoms with Gasteiger partial charge in [0.15, 0.2) is 0 Å². The Morgan fingerprint density at radius 2 is 1.56 bits per heavy atom. The van der Waals surface area contributed by atoms with Gasteiger partial charge in [-0.2, -0.15) is 11.4 Å². The van der Waals surface area contributed by atoms with E-state index in [1.165, 1.54) is 57.6 Å². The summed E-state index contributed by atoms with van der Waals surface area (Å²) in [5, 5.41) is 21.7. The SMILES string of the molecule is C=Cc1c2[n-]c(c1C)/C=C1\NC(C3=c4[n-]c(c(C)c4=C(O)[C@@H]3C(=O)OC)/C=C3\[N-]/C(=C/2)C(C=O)C3CC)[C@@H](CCC(=O)OC/C=C(\C)CCC[C@@H](C)CCC[C@H](C)CCCC(C)C)[C@@H]1C.[Mg+2]. The van der Waals surface area contributed by atoms with E-state index in [-0.39, 0.29) is 65.6 Å². The second kappa shape index (κ2) is 23.7. The van der Waals surface area contributed by atoms with Gasteiger partial charge >= 0.3 is 35.0 Å². The first-order valence-electron chi connectivity index (χ1n) is 24.5. The number of carbonyl (C=O) groups excluding carboxylic acids is 3. The van der Waals surface area contributed by atoms with E-state index in [0.717, 1.165) is 59.2 Å². The van der Waals surface area contributed by atoms with Crippen LogP contribution in [0.1, 0.15) is 159 Å². The molecule has 0 amide bonds. The molecule has 10 nitrogen and oxygen atoms in total. The summed E-state index contributed by atoms with van der Waals surface area (Å²) in [6.45, 7) is 23.9. The van der Waals surface area contributed by atoms with Gasteiger partial charge in [0.1, 0.15) is 24.6 Å². The number of methoxy groups -OCH3 is 1. The topological polar surface area (TPSA) is 144 Å². The number of carbonyl (C=O) groups is 3. The molecule has 2 fully saturated rings. The number of aldehydes is 1. The van der Waals surface area contributed by atoms with Gasteiger partial charge < -0.3 is 40.0 Å². The van der Waals surface area contributed by atoms with Crippen molar-refractivity contribution in [1.29, 1.82) is 0 Å². The molecule has 0 spiro atoms. The zero-order valence-corrected chi connectivity index (χ0v) is 43.0. The first-order chi connectivity index (χ1) is 31.1. The minimum absolute atomic E-state index is 0. The van der Waals surface area contributed by atoms with Crippen molar-refractivity contribution in [1.82, 2.24) is 15.3 Å². The van der Waals surface area contributed by atoms with Crippen LogP contribution in [-0.2, 0) is 23.9 Å². The fraction of sp³-hybridized carbons (Fsp3) is 0.582. The van der Waals surface area contributed by atoms with Crippen LogP contribution in [0.4, 0.5) is 0 Å². The van der Waals surface area contributed by atoms with Gasteiger partial charge in [0.05, 0.1) is 13.2 Å². The van der Waals surface area contributed by atoms with Crippen LogP contribution in [0.2, 0.25) is 0 Å². The van der Waals surface area contributed by atoms with Crippen LogP contribution in [0.5, 0.6) is 0 Å². The van der Waals surface area contributed by atoms with Crippen molar-refractivity contribution >= 4 is 76.9 Å². The molecule has 1 aliphatic carbocycles. The number of allylic oxidation sites excluding steroid dienone is 4. The average Bonchev–Trinajstić information content (AvgIpc) is 4.02. The summed E-state index contributed by atoms with van der Waals surface area (Å²) in [5.74, 6) is -0.664. The number of esters is 2. The first kappa shape index (κ1) is 52.7. The van der Waals surface area contributed by atoms with E-state index in [1.807, 2.05) is 45.1 Å². The van der Waals surface area contributed by atoms with Crippen LogP contribution < -0.4 is 25.9 Å². The zero-order chi connectivity index (χ0) is 47.1. The van der Waals surface area contributed by atoms with E-state index >= 15 is 0 Å². The molecule has 3 aliphatic heterocycles. The summed E-state index contributed by atoms with van der Waals surface area (Å²) >= 11 is 0. The number of rotatable bonds is 21. The van der Waals surface area contributed by atoms with Gasteiger partial charge in [-0.25, -0.2) is 0 Å². The maximum absolute atomic E-state index is 13.7. The molecular weight excluding hydrogens is 837 g/mol. The summed E-state index contributed by atoms with van der Waals surface area (Å²) < 4.78 is 11.1. The Balaban J connectivity index is 0.00000817. The van der Waals surface area contributed by atoms with Crippen molar-refractivity contribution in [2.45, 2.75) is 145 Å². The Morgan fingerprint density at radius 3 is 2.20 bits per heavy atom. The van der Waals surface area contributed by atoms with E-state index in [4.69, 9.17) is 24.8 Å². The van der Waals surface area contributed by atoms with Crippen LogP contribution in [0.25, 0.3) is 41.0 Å². The maximum atomic E-state index is 13.7. The van der Waals surface area contributed by atoms with Crippen molar-refractivity contribution in [2.75, 3.05) is 13.7 Å². The summed E-state index contributed by atoms with van der Waals surface area (Å²) in [6, 6.07) is -0.485. The van der Waals surface area contributed by atoms with E-state index in [0.29, 0.717) is 57.5 Å². The smallest absolute Gasteiger partial charge is 0.664 e. The van der Waals surface area contributed by atoms with Gasteiger partial charge in [-0.1, -0.05) is 140 Å². The van der Waals surface area contributed by atoms with Crippen molar-refractivity contribution in [3.8, 4) is 0 Å². The normalized spacial score (nSPS) is 25.4. The van der Waals surface area contributed by atoms with E-state index in [1.54, 1.807) is 6.08 Å². The standard InChI is InChI=1S/C55H75N4O6.Mg/c1-12-38-35(8)42-27-43-36(9)40(23-24-48(61)65-26-25-34(7)22-16-21-33(6)20-15-19-32(5)18-14-17-31(3)4)52(58-43)50-51(55(63)64-11)54(62)49-37(10)44(59-53(49)50)28-46-39(13-2)41(30-60)47(57-46)29-45(38)56-42;/h12,25,27-33,36,39-41,51-52,58,62H,1,13-24,26H2,2-11H3;/q-3;+2/b34-25+,43-27-,46-28-,47-29+;/t32-,33+,36+,39?,40+,41?,51-,52?;/m1./s1. The number of hydrogen-bond donors (Lipinski definition) is 2. The van der Waals surface area contributed by atoms with E-state index in [2.05, 4.69) is 53.4 Å². The first-order valence-corrected chi connectivity index (χ1v) is 24.5. The number of ether oxygens (including phenoxy) is 2. The summed E-state index contributed by atoms with van der Waals surface area (Å²) in [7, 11) is 1.32. The maximum Gasteiger partial charge on any atom is 2.00 e. The molecule has 3 unspecified atom stereocenters. The molecule has 0 saturated carbocycles. The number of aliphatic hydroxyl groups excluding tert-OH is 1. The van der Waals surface area contributed by atoms with Crippen molar-refractivity contribution in [3.05, 3.63) is 85.0 Å². The molecule has 2 N–H and O–H groups in total. The molecule has 354 valence electrons. The summed E-state index contributed by atoms with van der Waals surface area (Å²) in [4.78, 5) is 49.9. The van der Waals surface area contributed by atoms with Crippen LogP contribution in [0.3, 0.4) is 0 Å². The van der Waals surface area contributed by atoms with Crippen LogP contribution in [0, 0.1) is 61.2 Å². The van der Waals surface area contributed by atoms with Crippen molar-refractivity contribution in [2.24, 2.45) is 47.3 Å². The zero-order valence-electron chi connectivity index (χ0n) is 41.6. The molecule has 66 heavy (non-hydrogen) atoms. The quantitative estimate of drug-likeness (QED) is 0.0541. The van der Waals surface area contributed by atoms with Gasteiger partial charge in [-0.15, -0.1) is 22.4 Å². The Hall–Kier alpha value is -4.22. The minimum Gasteiger partial charge on any atom is -0.664 e. The van der Waals surface area contributed by atoms with Crippen LogP contribution >= 0.6 is 0 Å². The molecular formula is C55H75MgN4O6-. The number of hydrogen-bond acceptors (Lipinski definition) is 7. The predicted octanol–water partition coefficient (Wildman–Crippen LogP) is 10.00. The molecule has 5 heterocycles. The van der Waals surface area contributed by atoms with Gasteiger partial charge in [0.25, 0.3) is 0 Å². The van der Waals surface area contributed by atoms with E-state index in [9.17, 15) is 19.5 Å². The fourth-order valence-electron chi connectivity index (χ4n) is 10.8. The largest absolute Gasteiger partial charge is 2.00 e. The molecule has 11 heteroatoms. The third-order valence-corrected chi connectivity index (χ3v) is 14.9. The van der Waals surface area contributed by atoms with Gasteiger partial charge in [-0.05, 0) is 86.8 Å². The Kier molecular flexibility index (Phi) is 18.9. The third-order valence-electron chi connectivity index (χ3n) is 14.9. The Labute approximate surface area is 410 Å². The second-order valence-electron chi connectivity index (χ2n) is 20.0. The number of nitrogens with one attached hydrogen (secondary N) is 1. The van der Waals surface area contributed by atoms with Crippen molar-refractivity contribution < 1.29 is 29.0 Å². The van der Waals surface area contributed by atoms with Gasteiger partial charge in [0, 0.05) is 29.2 Å². The van der Waals surface area contributed by atoms with E-state index < -0.39 is 23.8 Å². The number of aromatic nitrogens is 2. The molecule has 2 saturated heterocycles. The molecule has 2 aromatic rings. The van der Waals surface area contributed by atoms with Crippen molar-refractivity contribution in [3.63, 3.8) is 0 Å². The van der Waals surface area contributed by atoms with Gasteiger partial charge in [0.2, 0.25) is 0 Å². The summed E-state index contributed by atoms with van der Waals surface area (Å²) in [5.41, 5.74) is 8.62. The Bertz CT molecular complexity index is 2340. The Morgan fingerprint density at radius 1 is 0.909 bits per heavy atom. The predicted molar refractivity (Wildman–Crippen MR) is 268 cm³/mol. The molecule has 2 aromatic heterocycles. The minimum atomic E-state index is -1.08. The number of fused-ring (bicyclic) bond motifs is 8. The average molecular weight is 913 g/mol. The number of aliphatic hydroxyl groups is 1. The second-order valence-corrected chi connectivity index (χ2v) is 20.0. The monoisotopic (exact) mass is 912 g/mol. The molecule has 8 bridgehead atoms. The van der Waals surface area contributed by atoms with Crippen LogP contribution in [0.15, 0.2) is 35.3 Å². The van der Waals surface area contributed by atoms with Crippen LogP contribution in [-0.4, -0.2) is 66.1 Å². The third kappa shape index (κ3) is 11.7. The summed E-state index contributed by atoms with van der Waals surface area (Å²) in [6.07, 6.45) is 23.2.